The number of carbonyl (C=O) groups is 1. The summed E-state index contributed by atoms with van der Waals surface area (Å²) in [5.74, 6) is 11.3. The number of amides is 1. The number of carbonyl (C=O) groups excluding carboxylic acids is 1. The van der Waals surface area contributed by atoms with Crippen LogP contribution in [-0.2, 0) is 4.79 Å². The second-order valence-corrected chi connectivity index (χ2v) is 7.48. The van der Waals surface area contributed by atoms with Crippen LogP contribution in [0.5, 0.6) is 0 Å². The van der Waals surface area contributed by atoms with Crippen molar-refractivity contribution < 1.29 is 9.72 Å². The number of rotatable bonds is 2. The molecule has 31 heavy (non-hydrogen) atoms. The van der Waals surface area contributed by atoms with Gasteiger partial charge in [0, 0.05) is 33.9 Å². The highest BCUT2D eigenvalue weighted by atomic mass is 32.1. The van der Waals surface area contributed by atoms with Crippen molar-refractivity contribution in [2.24, 2.45) is 0 Å². The molecule has 0 aliphatic heterocycles. The molecule has 0 aliphatic rings. The number of nitrogens with zero attached hydrogens (tertiary/aromatic N) is 1. The van der Waals surface area contributed by atoms with E-state index in [2.05, 4.69) is 54.3 Å². The minimum absolute atomic E-state index is 0.175. The Morgan fingerprint density at radius 2 is 1.32 bits per heavy atom. The fraction of sp³-hybridized carbons (Fsp3) is 0.0417. The number of anilines is 1. The third kappa shape index (κ3) is 6.16. The Morgan fingerprint density at radius 1 is 0.839 bits per heavy atom. The molecule has 0 fully saturated rings. The summed E-state index contributed by atoms with van der Waals surface area (Å²) < 4.78 is 0. The van der Waals surface area contributed by atoms with E-state index in [0.717, 1.165) is 9.79 Å². The maximum atomic E-state index is 11.7. The lowest BCUT2D eigenvalue weighted by Gasteiger charge is -2.07. The van der Waals surface area contributed by atoms with Crippen molar-refractivity contribution in [2.45, 2.75) is 16.7 Å². The Balaban J connectivity index is 2.09. The van der Waals surface area contributed by atoms with Crippen LogP contribution in [0.15, 0.2) is 70.5 Å². The number of thiol groups is 2. The summed E-state index contributed by atoms with van der Waals surface area (Å²) in [6.45, 7) is 1.36. The second-order valence-electron chi connectivity index (χ2n) is 6.45. The monoisotopic (exact) mass is 444 g/mol. The molecule has 0 saturated heterocycles. The van der Waals surface area contributed by atoms with Gasteiger partial charge in [-0.25, -0.2) is 0 Å². The van der Waals surface area contributed by atoms with Gasteiger partial charge in [0.15, 0.2) is 0 Å². The predicted molar refractivity (Wildman–Crippen MR) is 127 cm³/mol. The lowest BCUT2D eigenvalue weighted by molar-refractivity contribution is -0.385. The second kappa shape index (κ2) is 9.90. The molecule has 3 aromatic rings. The van der Waals surface area contributed by atoms with Gasteiger partial charge in [-0.05, 0) is 54.6 Å². The van der Waals surface area contributed by atoms with Gasteiger partial charge in [-0.3, -0.25) is 14.9 Å². The summed E-state index contributed by atoms with van der Waals surface area (Å²) in [7, 11) is 0. The van der Waals surface area contributed by atoms with Crippen molar-refractivity contribution in [3.63, 3.8) is 0 Å². The van der Waals surface area contributed by atoms with Crippen LogP contribution in [0.25, 0.3) is 0 Å². The first-order valence-electron chi connectivity index (χ1n) is 9.04. The molecule has 0 saturated carbocycles. The molecule has 0 bridgehead atoms. The average molecular weight is 445 g/mol. The third-order valence-electron chi connectivity index (χ3n) is 4.06. The van der Waals surface area contributed by atoms with Gasteiger partial charge in [-0.2, -0.15) is 0 Å². The van der Waals surface area contributed by atoms with Crippen molar-refractivity contribution in [1.82, 2.24) is 0 Å². The van der Waals surface area contributed by atoms with Gasteiger partial charge in [0.2, 0.25) is 5.91 Å². The van der Waals surface area contributed by atoms with Gasteiger partial charge in [0.05, 0.1) is 16.2 Å². The van der Waals surface area contributed by atoms with Crippen LogP contribution in [0.4, 0.5) is 11.4 Å². The van der Waals surface area contributed by atoms with Crippen LogP contribution in [0.3, 0.4) is 0 Å². The van der Waals surface area contributed by atoms with Gasteiger partial charge >= 0.3 is 0 Å². The molecule has 152 valence electrons. The quantitative estimate of drug-likeness (QED) is 0.227. The number of hydrogen-bond donors (Lipinski definition) is 3. The van der Waals surface area contributed by atoms with Crippen molar-refractivity contribution in [2.75, 3.05) is 5.32 Å². The van der Waals surface area contributed by atoms with Gasteiger partial charge in [0.25, 0.3) is 5.69 Å². The number of benzene rings is 3. The van der Waals surface area contributed by atoms with Gasteiger partial charge in [0.1, 0.15) is 5.56 Å². The lowest BCUT2D eigenvalue weighted by Crippen LogP contribution is -2.08. The highest BCUT2D eigenvalue weighted by molar-refractivity contribution is 7.80. The smallest absolute Gasteiger partial charge is 0.286 e. The molecule has 5 nitrogen and oxygen atoms in total. The zero-order chi connectivity index (χ0) is 22.4. The van der Waals surface area contributed by atoms with E-state index in [1.165, 1.54) is 19.1 Å². The maximum Gasteiger partial charge on any atom is 0.286 e. The zero-order valence-corrected chi connectivity index (χ0v) is 18.1. The highest BCUT2D eigenvalue weighted by Gasteiger charge is 2.17. The van der Waals surface area contributed by atoms with Gasteiger partial charge in [-0.15, -0.1) is 25.3 Å². The molecule has 1 amide bonds. The van der Waals surface area contributed by atoms with Crippen molar-refractivity contribution in [1.29, 1.82) is 0 Å². The number of nitro benzene ring substituents is 1. The molecule has 3 aromatic carbocycles. The number of hydrogen-bond acceptors (Lipinski definition) is 5. The van der Waals surface area contributed by atoms with Crippen molar-refractivity contribution in [3.05, 3.63) is 93.0 Å². The van der Waals surface area contributed by atoms with E-state index in [1.807, 2.05) is 0 Å². The molecular weight excluding hydrogens is 428 g/mol. The van der Waals surface area contributed by atoms with Crippen molar-refractivity contribution >= 4 is 42.5 Å². The summed E-state index contributed by atoms with van der Waals surface area (Å²) >= 11 is 8.46. The summed E-state index contributed by atoms with van der Waals surface area (Å²) in [5, 5.41) is 14.3. The van der Waals surface area contributed by atoms with E-state index in [4.69, 9.17) is 0 Å². The Kier molecular flexibility index (Phi) is 7.04. The number of nitro groups is 1. The van der Waals surface area contributed by atoms with Crippen LogP contribution in [-0.4, -0.2) is 10.8 Å². The lowest BCUT2D eigenvalue weighted by atomic mass is 10.1. The predicted octanol–water partition coefficient (Wildman–Crippen LogP) is 4.93. The fourth-order valence-electron chi connectivity index (χ4n) is 2.60. The third-order valence-corrected chi connectivity index (χ3v) is 4.66. The van der Waals surface area contributed by atoms with Crippen LogP contribution >= 0.6 is 25.3 Å². The summed E-state index contributed by atoms with van der Waals surface area (Å²) in [4.78, 5) is 24.4. The van der Waals surface area contributed by atoms with E-state index in [0.29, 0.717) is 22.4 Å². The van der Waals surface area contributed by atoms with Gasteiger partial charge in [-0.1, -0.05) is 23.7 Å². The normalized spacial score (nSPS) is 9.65. The van der Waals surface area contributed by atoms with E-state index in [9.17, 15) is 14.9 Å². The molecule has 0 atom stereocenters. The zero-order valence-electron chi connectivity index (χ0n) is 16.3. The first-order chi connectivity index (χ1) is 14.8. The Labute approximate surface area is 190 Å². The summed E-state index contributed by atoms with van der Waals surface area (Å²) in [5.41, 5.74) is 2.06. The largest absolute Gasteiger partial charge is 0.325 e. The van der Waals surface area contributed by atoms with Crippen LogP contribution in [0, 0.1) is 33.8 Å². The first-order valence-corrected chi connectivity index (χ1v) is 9.93. The molecule has 7 heteroatoms. The van der Waals surface area contributed by atoms with Crippen molar-refractivity contribution in [3.8, 4) is 23.7 Å². The molecule has 0 aromatic heterocycles. The van der Waals surface area contributed by atoms with Crippen LogP contribution in [0.2, 0.25) is 0 Å². The number of nitrogens with one attached hydrogen (secondary N) is 1. The fourth-order valence-corrected chi connectivity index (χ4v) is 2.90. The topological polar surface area (TPSA) is 72.2 Å². The molecule has 0 aliphatic carbocycles. The van der Waals surface area contributed by atoms with E-state index in [1.54, 1.807) is 48.5 Å². The van der Waals surface area contributed by atoms with Crippen LogP contribution < -0.4 is 5.32 Å². The maximum absolute atomic E-state index is 11.7. The molecule has 0 unspecified atom stereocenters. The van der Waals surface area contributed by atoms with E-state index < -0.39 is 4.92 Å². The first kappa shape index (κ1) is 22.0. The van der Waals surface area contributed by atoms with E-state index >= 15 is 0 Å². The molecule has 0 radical (unpaired) electrons. The minimum Gasteiger partial charge on any atom is -0.325 e. The minimum atomic E-state index is -0.515. The van der Waals surface area contributed by atoms with E-state index in [-0.39, 0.29) is 17.2 Å². The Morgan fingerprint density at radius 3 is 1.77 bits per heavy atom. The molecule has 1 N–H and O–H groups in total. The molecule has 0 heterocycles. The summed E-state index contributed by atoms with van der Waals surface area (Å²) in [6, 6.07) is 17.1. The average Bonchev–Trinajstić information content (AvgIpc) is 2.73. The van der Waals surface area contributed by atoms with Gasteiger partial charge < -0.3 is 5.32 Å². The Bertz CT molecular complexity index is 1280. The highest BCUT2D eigenvalue weighted by Crippen LogP contribution is 2.27. The molecule has 3 rings (SSSR count). The standard InChI is InChI=1S/C24H16N2O3S2/c1-16(27)25-23-14-20(9-3-18-6-12-22(31)13-7-18)24(26(28)29)15-19(23)8-2-17-4-10-21(30)11-5-17/h4-7,10-15,30-31H,1H3,(H,25,27). The Hall–Kier alpha value is -3.65. The SMILES string of the molecule is CC(=O)Nc1cc(C#Cc2ccc(S)cc2)c([N+](=O)[O-])cc1C#Cc1ccc(S)cc1. The summed E-state index contributed by atoms with van der Waals surface area (Å²) in [6.07, 6.45) is 0. The molecular formula is C24H16N2O3S2. The van der Waals surface area contributed by atoms with Crippen LogP contribution in [0.1, 0.15) is 29.2 Å². The molecule has 0 spiro atoms.